The van der Waals surface area contributed by atoms with Gasteiger partial charge in [-0.2, -0.15) is 5.10 Å². The zero-order valence-corrected chi connectivity index (χ0v) is 15.2. The maximum Gasteiger partial charge on any atom is 0.329 e. The van der Waals surface area contributed by atoms with E-state index in [2.05, 4.69) is 10.5 Å². The highest BCUT2D eigenvalue weighted by Crippen LogP contribution is 2.08. The van der Waals surface area contributed by atoms with E-state index in [1.807, 2.05) is 27.7 Å². The van der Waals surface area contributed by atoms with Crippen molar-refractivity contribution in [2.75, 3.05) is 26.3 Å². The Labute approximate surface area is 143 Å². The molecule has 24 heavy (non-hydrogen) atoms. The molecule has 0 radical (unpaired) electrons. The number of nitrogens with one attached hydrogen (secondary N) is 1. The van der Waals surface area contributed by atoms with Gasteiger partial charge >= 0.3 is 11.8 Å². The molecular formula is C16H28N4O4. The lowest BCUT2D eigenvalue weighted by Crippen LogP contribution is -2.47. The van der Waals surface area contributed by atoms with Crippen LogP contribution in [0, 0.1) is 0 Å². The summed E-state index contributed by atoms with van der Waals surface area (Å²) in [6, 6.07) is 0.172. The Morgan fingerprint density at radius 3 is 2.17 bits per heavy atom. The minimum atomic E-state index is -0.798. The van der Waals surface area contributed by atoms with E-state index in [4.69, 9.17) is 4.74 Å². The number of morpholine rings is 1. The first-order chi connectivity index (χ1) is 11.2. The summed E-state index contributed by atoms with van der Waals surface area (Å²) in [6.45, 7) is 11.1. The van der Waals surface area contributed by atoms with Gasteiger partial charge in [0, 0.05) is 30.9 Å². The number of amides is 3. The highest BCUT2D eigenvalue weighted by atomic mass is 16.5. The van der Waals surface area contributed by atoms with Gasteiger partial charge in [-0.1, -0.05) is 0 Å². The SMILES string of the molecule is C/C(CC(=O)N(C(C)C)C(C)C)=N/NC(=O)C(=O)N1CCOCC1. The Balaban J connectivity index is 2.55. The van der Waals surface area contributed by atoms with Crippen LogP contribution in [0.1, 0.15) is 41.0 Å². The highest BCUT2D eigenvalue weighted by Gasteiger charge is 2.24. The van der Waals surface area contributed by atoms with Crippen LogP contribution < -0.4 is 5.43 Å². The van der Waals surface area contributed by atoms with Crippen molar-refractivity contribution in [2.45, 2.75) is 53.1 Å². The van der Waals surface area contributed by atoms with Gasteiger partial charge in [0.15, 0.2) is 0 Å². The number of hydrogen-bond donors (Lipinski definition) is 1. The van der Waals surface area contributed by atoms with Crippen LogP contribution >= 0.6 is 0 Å². The van der Waals surface area contributed by atoms with E-state index in [1.165, 1.54) is 4.90 Å². The summed E-state index contributed by atoms with van der Waals surface area (Å²) < 4.78 is 5.14. The molecule has 0 atom stereocenters. The average Bonchev–Trinajstić information content (AvgIpc) is 2.51. The van der Waals surface area contributed by atoms with Crippen molar-refractivity contribution >= 4 is 23.4 Å². The van der Waals surface area contributed by atoms with E-state index >= 15 is 0 Å². The predicted molar refractivity (Wildman–Crippen MR) is 90.4 cm³/mol. The van der Waals surface area contributed by atoms with Crippen LogP contribution in [-0.2, 0) is 19.1 Å². The van der Waals surface area contributed by atoms with Crippen molar-refractivity contribution in [3.05, 3.63) is 0 Å². The molecule has 8 heteroatoms. The van der Waals surface area contributed by atoms with Crippen molar-refractivity contribution < 1.29 is 19.1 Å². The number of carbonyl (C=O) groups is 3. The minimum absolute atomic E-state index is 0.0602. The zero-order chi connectivity index (χ0) is 18.3. The maximum atomic E-state index is 12.3. The standard InChI is InChI=1S/C16H28N4O4/c1-11(2)20(12(3)4)14(21)10-13(5)17-18-15(22)16(23)19-6-8-24-9-7-19/h11-12H,6-10H2,1-5H3,(H,18,22)/b17-13-. The molecular weight excluding hydrogens is 312 g/mol. The number of carbonyl (C=O) groups excluding carboxylic acids is 3. The van der Waals surface area contributed by atoms with Crippen LogP contribution in [0.2, 0.25) is 0 Å². The molecule has 1 N–H and O–H groups in total. The van der Waals surface area contributed by atoms with Crippen LogP contribution in [0.25, 0.3) is 0 Å². The fraction of sp³-hybridized carbons (Fsp3) is 0.750. The lowest BCUT2D eigenvalue weighted by molar-refractivity contribution is -0.148. The summed E-state index contributed by atoms with van der Waals surface area (Å²) in [4.78, 5) is 39.3. The third-order valence-corrected chi connectivity index (χ3v) is 3.65. The molecule has 8 nitrogen and oxygen atoms in total. The van der Waals surface area contributed by atoms with Gasteiger partial charge in [0.2, 0.25) is 5.91 Å². The van der Waals surface area contributed by atoms with Crippen LogP contribution in [0.15, 0.2) is 5.10 Å². The van der Waals surface area contributed by atoms with Crippen molar-refractivity contribution in [2.24, 2.45) is 5.10 Å². The van der Waals surface area contributed by atoms with Crippen LogP contribution in [0.4, 0.5) is 0 Å². The molecule has 0 aliphatic carbocycles. The molecule has 0 bridgehead atoms. The van der Waals surface area contributed by atoms with Gasteiger partial charge < -0.3 is 14.5 Å². The third-order valence-electron chi connectivity index (χ3n) is 3.65. The summed E-state index contributed by atoms with van der Waals surface area (Å²) in [5.41, 5.74) is 2.68. The Hall–Kier alpha value is -1.96. The van der Waals surface area contributed by atoms with E-state index in [1.54, 1.807) is 11.8 Å². The zero-order valence-electron chi connectivity index (χ0n) is 15.2. The summed E-state index contributed by atoms with van der Waals surface area (Å²) in [7, 11) is 0. The average molecular weight is 340 g/mol. The molecule has 1 aliphatic heterocycles. The Bertz CT molecular complexity index is 488. The lowest BCUT2D eigenvalue weighted by Gasteiger charge is -2.30. The molecule has 0 saturated carbocycles. The summed E-state index contributed by atoms with van der Waals surface area (Å²) in [5.74, 6) is -1.49. The molecule has 1 fully saturated rings. The van der Waals surface area contributed by atoms with Gasteiger partial charge in [0.1, 0.15) is 0 Å². The largest absolute Gasteiger partial charge is 0.378 e. The van der Waals surface area contributed by atoms with Crippen LogP contribution in [0.3, 0.4) is 0 Å². The second-order valence-electron chi connectivity index (χ2n) is 6.36. The first-order valence-electron chi connectivity index (χ1n) is 8.25. The Morgan fingerprint density at radius 2 is 1.67 bits per heavy atom. The monoisotopic (exact) mass is 340 g/mol. The second-order valence-corrected chi connectivity index (χ2v) is 6.36. The van der Waals surface area contributed by atoms with E-state index in [0.717, 1.165) is 0 Å². The molecule has 0 aromatic heterocycles. The van der Waals surface area contributed by atoms with E-state index in [0.29, 0.717) is 32.0 Å². The molecule has 0 aromatic carbocycles. The quantitative estimate of drug-likeness (QED) is 0.445. The van der Waals surface area contributed by atoms with Gasteiger partial charge in [-0.3, -0.25) is 14.4 Å². The molecule has 1 saturated heterocycles. The molecule has 1 aliphatic rings. The number of hydrogen-bond acceptors (Lipinski definition) is 5. The number of rotatable bonds is 5. The van der Waals surface area contributed by atoms with Gasteiger partial charge in [-0.25, -0.2) is 5.43 Å². The van der Waals surface area contributed by atoms with E-state index in [9.17, 15) is 14.4 Å². The fourth-order valence-corrected chi connectivity index (χ4v) is 2.63. The summed E-state index contributed by atoms with van der Waals surface area (Å²) in [6.07, 6.45) is 0.0996. The van der Waals surface area contributed by atoms with E-state index < -0.39 is 11.8 Å². The summed E-state index contributed by atoms with van der Waals surface area (Å²) in [5, 5.41) is 3.87. The summed E-state index contributed by atoms with van der Waals surface area (Å²) >= 11 is 0. The van der Waals surface area contributed by atoms with Gasteiger partial charge in [-0.15, -0.1) is 0 Å². The predicted octanol–water partition coefficient (Wildman–Crippen LogP) is 0.373. The smallest absolute Gasteiger partial charge is 0.329 e. The van der Waals surface area contributed by atoms with Gasteiger partial charge in [-0.05, 0) is 34.6 Å². The minimum Gasteiger partial charge on any atom is -0.378 e. The Morgan fingerprint density at radius 1 is 1.12 bits per heavy atom. The number of hydrazone groups is 1. The van der Waals surface area contributed by atoms with Crippen molar-refractivity contribution in [1.82, 2.24) is 15.2 Å². The van der Waals surface area contributed by atoms with Crippen LogP contribution in [0.5, 0.6) is 0 Å². The molecule has 1 rings (SSSR count). The molecule has 0 spiro atoms. The maximum absolute atomic E-state index is 12.3. The van der Waals surface area contributed by atoms with E-state index in [-0.39, 0.29) is 24.4 Å². The van der Waals surface area contributed by atoms with Crippen molar-refractivity contribution in [3.8, 4) is 0 Å². The topological polar surface area (TPSA) is 91.3 Å². The lowest BCUT2D eigenvalue weighted by atomic mass is 10.2. The first kappa shape index (κ1) is 20.1. The number of ether oxygens (including phenoxy) is 1. The molecule has 136 valence electrons. The highest BCUT2D eigenvalue weighted by molar-refractivity contribution is 6.35. The third kappa shape index (κ3) is 5.92. The fourth-order valence-electron chi connectivity index (χ4n) is 2.63. The van der Waals surface area contributed by atoms with Crippen molar-refractivity contribution in [1.29, 1.82) is 0 Å². The molecule has 0 unspecified atom stereocenters. The van der Waals surface area contributed by atoms with Gasteiger partial charge in [0.25, 0.3) is 0 Å². The first-order valence-corrected chi connectivity index (χ1v) is 8.25. The number of nitrogens with zero attached hydrogens (tertiary/aromatic N) is 3. The Kier molecular flexibility index (Phi) is 7.84. The molecule has 0 aromatic rings. The van der Waals surface area contributed by atoms with Gasteiger partial charge in [0.05, 0.1) is 19.6 Å². The second kappa shape index (κ2) is 9.36. The van der Waals surface area contributed by atoms with Crippen molar-refractivity contribution in [3.63, 3.8) is 0 Å². The molecule has 1 heterocycles. The molecule has 3 amide bonds. The normalized spacial score (nSPS) is 15.6. The van der Waals surface area contributed by atoms with Crippen LogP contribution in [-0.4, -0.2) is 71.6 Å².